The van der Waals surface area contributed by atoms with Crippen LogP contribution >= 0.6 is 0 Å². The minimum atomic E-state index is -3.59. The number of nitrogens with one attached hydrogen (secondary N) is 1. The predicted octanol–water partition coefficient (Wildman–Crippen LogP) is 2.97. The molecule has 8 nitrogen and oxygen atoms in total. The molecule has 3 aliphatic heterocycles. The molecule has 4 aliphatic rings. The number of anilines is 1. The molecule has 1 aliphatic carbocycles. The number of likely N-dealkylation sites (tertiary alicyclic amines) is 1. The number of aryl methyl sites for hydroxylation is 2. The first-order valence-electron chi connectivity index (χ1n) is 11.7. The number of hydrogen-bond acceptors (Lipinski definition) is 5. The highest BCUT2D eigenvalue weighted by Gasteiger charge is 2.48. The molecule has 2 atom stereocenters. The van der Waals surface area contributed by atoms with Crippen molar-refractivity contribution in [1.82, 2.24) is 9.21 Å². The second-order valence-corrected chi connectivity index (χ2v) is 11.3. The minimum absolute atomic E-state index is 0.0418. The van der Waals surface area contributed by atoms with Crippen LogP contribution in [0.25, 0.3) is 0 Å². The van der Waals surface area contributed by atoms with Crippen molar-refractivity contribution in [3.8, 4) is 5.75 Å². The first-order chi connectivity index (χ1) is 16.2. The van der Waals surface area contributed by atoms with Gasteiger partial charge < -0.3 is 14.4 Å². The number of methoxy groups -OCH3 is 1. The van der Waals surface area contributed by atoms with Crippen LogP contribution in [0.3, 0.4) is 0 Å². The van der Waals surface area contributed by atoms with Crippen molar-refractivity contribution in [3.63, 3.8) is 0 Å². The fourth-order valence-electron chi connectivity index (χ4n) is 5.18. The summed E-state index contributed by atoms with van der Waals surface area (Å²) < 4.78 is 41.7. The molecule has 4 fully saturated rings. The van der Waals surface area contributed by atoms with Gasteiger partial charge in [-0.05, 0) is 56.4 Å². The normalized spacial score (nSPS) is 26.4. The van der Waals surface area contributed by atoms with Crippen LogP contribution in [0.1, 0.15) is 34.3 Å². The molecule has 0 spiro atoms. The Morgan fingerprint density at radius 1 is 1.03 bits per heavy atom. The summed E-state index contributed by atoms with van der Waals surface area (Å²) in [6, 6.07) is 12.9. The van der Waals surface area contributed by atoms with Crippen LogP contribution in [0, 0.1) is 19.8 Å². The first kappa shape index (κ1) is 23.1. The fourth-order valence-corrected chi connectivity index (χ4v) is 6.70. The van der Waals surface area contributed by atoms with Crippen LogP contribution in [0.15, 0.2) is 42.5 Å². The Labute approximate surface area is 201 Å². The highest BCUT2D eigenvalue weighted by atomic mass is 32.2. The number of benzene rings is 2. The van der Waals surface area contributed by atoms with Gasteiger partial charge in [-0.25, -0.2) is 0 Å². The topological polar surface area (TPSA) is 88.2 Å². The van der Waals surface area contributed by atoms with Crippen molar-refractivity contribution < 1.29 is 22.7 Å². The lowest BCUT2D eigenvalue weighted by Crippen LogP contribution is -2.38. The summed E-state index contributed by atoms with van der Waals surface area (Å²) >= 11 is 0. The highest BCUT2D eigenvalue weighted by molar-refractivity contribution is 7.90. The summed E-state index contributed by atoms with van der Waals surface area (Å²) in [6.07, 6.45) is 1.27. The first-order valence-corrected chi connectivity index (χ1v) is 13.1. The fraction of sp³-hybridized carbons (Fsp3) is 0.480. The number of nitrogens with zero attached hydrogens (tertiary/aromatic N) is 2. The Balaban J connectivity index is 1.27. The van der Waals surface area contributed by atoms with Crippen molar-refractivity contribution >= 4 is 21.8 Å². The van der Waals surface area contributed by atoms with Crippen LogP contribution in [0.2, 0.25) is 0 Å². The molecule has 3 heterocycles. The Morgan fingerprint density at radius 3 is 2.50 bits per heavy atom. The smallest absolute Gasteiger partial charge is 0.301 e. The third kappa shape index (κ3) is 4.39. The molecule has 2 aromatic rings. The van der Waals surface area contributed by atoms with E-state index in [1.54, 1.807) is 40.6 Å². The van der Waals surface area contributed by atoms with E-state index in [2.05, 4.69) is 4.72 Å². The summed E-state index contributed by atoms with van der Waals surface area (Å²) in [4.78, 5) is 14.9. The number of fused-ring (bicyclic) bond motifs is 1. The van der Waals surface area contributed by atoms with Gasteiger partial charge in [-0.3, -0.25) is 9.52 Å². The third-order valence-electron chi connectivity index (χ3n) is 7.16. The van der Waals surface area contributed by atoms with E-state index in [9.17, 15) is 13.2 Å². The van der Waals surface area contributed by atoms with Gasteiger partial charge in [-0.15, -0.1) is 0 Å². The summed E-state index contributed by atoms with van der Waals surface area (Å²) in [6.45, 7) is 5.31. The molecule has 3 saturated heterocycles. The van der Waals surface area contributed by atoms with Gasteiger partial charge >= 0.3 is 10.2 Å². The van der Waals surface area contributed by atoms with Crippen molar-refractivity contribution in [3.05, 3.63) is 59.2 Å². The van der Waals surface area contributed by atoms with E-state index in [1.807, 2.05) is 32.0 Å². The monoisotopic (exact) mass is 485 g/mol. The number of rotatable bonds is 7. The Bertz CT molecular complexity index is 1190. The van der Waals surface area contributed by atoms with Crippen LogP contribution in [0.4, 0.5) is 5.69 Å². The number of hydrogen-bond donors (Lipinski definition) is 1. The van der Waals surface area contributed by atoms with Gasteiger partial charge in [0.2, 0.25) is 0 Å². The van der Waals surface area contributed by atoms with E-state index in [0.29, 0.717) is 42.6 Å². The molecule has 1 amide bonds. The lowest BCUT2D eigenvalue weighted by molar-refractivity contribution is 0.0340. The Kier molecular flexibility index (Phi) is 6.03. The zero-order valence-electron chi connectivity index (χ0n) is 19.7. The third-order valence-corrected chi connectivity index (χ3v) is 8.72. The lowest BCUT2D eigenvalue weighted by Gasteiger charge is -2.25. The largest absolute Gasteiger partial charge is 0.486 e. The summed E-state index contributed by atoms with van der Waals surface area (Å²) in [5, 5.41) is 0. The van der Waals surface area contributed by atoms with E-state index in [1.165, 1.54) is 0 Å². The van der Waals surface area contributed by atoms with Gasteiger partial charge in [0.05, 0.1) is 18.8 Å². The minimum Gasteiger partial charge on any atom is -0.486 e. The van der Waals surface area contributed by atoms with E-state index >= 15 is 0 Å². The van der Waals surface area contributed by atoms with Gasteiger partial charge in [0.25, 0.3) is 5.91 Å². The van der Waals surface area contributed by atoms with Crippen LogP contribution in [-0.2, 0) is 14.9 Å². The number of carbonyl (C=O) groups is 1. The van der Waals surface area contributed by atoms with Crippen molar-refractivity contribution in [1.29, 1.82) is 0 Å². The highest BCUT2D eigenvalue weighted by Crippen LogP contribution is 2.42. The molecule has 2 aromatic carbocycles. The summed E-state index contributed by atoms with van der Waals surface area (Å²) in [7, 11) is -1.98. The Morgan fingerprint density at radius 2 is 1.79 bits per heavy atom. The van der Waals surface area contributed by atoms with Gasteiger partial charge in [-0.2, -0.15) is 12.7 Å². The van der Waals surface area contributed by atoms with E-state index < -0.39 is 10.2 Å². The van der Waals surface area contributed by atoms with Crippen LogP contribution in [0.5, 0.6) is 5.75 Å². The molecule has 1 saturated carbocycles. The maximum Gasteiger partial charge on any atom is 0.301 e. The summed E-state index contributed by atoms with van der Waals surface area (Å²) in [5.41, 5.74) is 3.11. The van der Waals surface area contributed by atoms with Crippen molar-refractivity contribution in [2.24, 2.45) is 5.92 Å². The van der Waals surface area contributed by atoms with Crippen LogP contribution < -0.4 is 9.46 Å². The lowest BCUT2D eigenvalue weighted by atomic mass is 9.87. The SMILES string of the molecule is COC1CN(C(=O)c2cc(C)ccc2C)CC1Oc1cccc(NS(=O)(=O)N2C[C@H]3C[C@H]2C3)c1. The molecule has 0 aromatic heterocycles. The van der Waals surface area contributed by atoms with Crippen LogP contribution in [-0.4, -0.2) is 68.5 Å². The second kappa shape index (κ2) is 8.87. The maximum atomic E-state index is 13.2. The molecule has 2 unspecified atom stereocenters. The molecular weight excluding hydrogens is 454 g/mol. The maximum absolute atomic E-state index is 13.2. The quantitative estimate of drug-likeness (QED) is 0.652. The zero-order chi connectivity index (χ0) is 24.0. The molecule has 6 rings (SSSR count). The van der Waals surface area contributed by atoms with Gasteiger partial charge in [0.15, 0.2) is 0 Å². The molecule has 1 N–H and O–H groups in total. The average Bonchev–Trinajstić information content (AvgIpc) is 3.49. The Hall–Kier alpha value is -2.62. The predicted molar refractivity (Wildman–Crippen MR) is 129 cm³/mol. The average molecular weight is 486 g/mol. The van der Waals surface area contributed by atoms with Gasteiger partial charge in [-0.1, -0.05) is 23.8 Å². The van der Waals surface area contributed by atoms with E-state index in [4.69, 9.17) is 9.47 Å². The van der Waals surface area contributed by atoms with Gasteiger partial charge in [0, 0.05) is 31.3 Å². The van der Waals surface area contributed by atoms with E-state index in [0.717, 1.165) is 24.0 Å². The van der Waals surface area contributed by atoms with Crippen molar-refractivity contribution in [2.45, 2.75) is 44.9 Å². The molecule has 0 radical (unpaired) electrons. The van der Waals surface area contributed by atoms with E-state index in [-0.39, 0.29) is 24.2 Å². The molecule has 182 valence electrons. The molecular formula is C25H31N3O5S. The molecule has 9 heteroatoms. The molecule has 34 heavy (non-hydrogen) atoms. The zero-order valence-corrected chi connectivity index (χ0v) is 20.5. The van der Waals surface area contributed by atoms with Crippen molar-refractivity contribution in [2.75, 3.05) is 31.5 Å². The van der Waals surface area contributed by atoms with Gasteiger partial charge in [0.1, 0.15) is 18.0 Å². The summed E-state index contributed by atoms with van der Waals surface area (Å²) in [5.74, 6) is 0.984. The number of amides is 1. The second-order valence-electron chi connectivity index (χ2n) is 9.65. The molecule has 2 bridgehead atoms. The standard InChI is InChI=1S/C25H31N3O5S/c1-16-7-8-17(2)22(9-16)25(29)27-14-23(32-3)24(15-27)33-21-6-4-5-19(12-21)26-34(30,31)28-13-18-10-20(28)11-18/h4-9,12,18,20,23-24,26H,10-11,13-15H2,1-3H3/t18-,20-,23?,24?. The number of ether oxygens (including phenoxy) is 2. The number of carbonyl (C=O) groups excluding carboxylic acids is 1.